The fraction of sp³-hybridized carbons (Fsp3) is 0.421. The number of aromatic hydroxyl groups is 2. The molecule has 0 aliphatic heterocycles. The minimum Gasteiger partial charge on any atom is -0.508 e. The van der Waals surface area contributed by atoms with Gasteiger partial charge in [-0.1, -0.05) is 13.8 Å². The van der Waals surface area contributed by atoms with Crippen molar-refractivity contribution in [1.82, 2.24) is 4.57 Å². The largest absolute Gasteiger partial charge is 0.508 e. The Hall–Kier alpha value is -2.55. The number of hydrogen-bond donors (Lipinski definition) is 3. The normalized spacial score (nSPS) is 14.7. The first-order valence-electron chi connectivity index (χ1n) is 8.35. The lowest BCUT2D eigenvalue weighted by Crippen LogP contribution is -2.52. The van der Waals surface area contributed by atoms with Crippen molar-refractivity contribution in [3.63, 3.8) is 0 Å². The van der Waals surface area contributed by atoms with Crippen LogP contribution in [0.1, 0.15) is 31.5 Å². The van der Waals surface area contributed by atoms with E-state index in [4.69, 9.17) is 0 Å². The quantitative estimate of drug-likeness (QED) is 0.669. The van der Waals surface area contributed by atoms with Crippen LogP contribution in [0.4, 0.5) is 17.6 Å². The van der Waals surface area contributed by atoms with E-state index in [0.717, 1.165) is 35.0 Å². The highest BCUT2D eigenvalue weighted by atomic mass is 19.4. The number of phenolic OH excluding ortho intramolecular Hbond substituents is 1. The first kappa shape index (κ1) is 21.7. The number of aromatic nitrogens is 1. The number of rotatable bonds is 5. The molecule has 2 rings (SSSR count). The van der Waals surface area contributed by atoms with Gasteiger partial charge in [-0.25, -0.2) is 4.39 Å². The van der Waals surface area contributed by atoms with Crippen LogP contribution in [-0.4, -0.2) is 31.7 Å². The lowest BCUT2D eigenvalue weighted by atomic mass is 9.74. The second-order valence-electron chi connectivity index (χ2n) is 7.49. The molecule has 0 saturated carbocycles. The van der Waals surface area contributed by atoms with Gasteiger partial charge in [0.05, 0.1) is 12.2 Å². The van der Waals surface area contributed by atoms with E-state index in [2.05, 4.69) is 0 Å². The highest BCUT2D eigenvalue weighted by molar-refractivity contribution is 5.38. The molecule has 0 bridgehead atoms. The van der Waals surface area contributed by atoms with Crippen LogP contribution < -0.4 is 5.43 Å². The molecular weight excluding hydrogens is 382 g/mol. The zero-order valence-corrected chi connectivity index (χ0v) is 15.5. The van der Waals surface area contributed by atoms with Crippen LogP contribution >= 0.6 is 0 Å². The molecule has 1 atom stereocenters. The summed E-state index contributed by atoms with van der Waals surface area (Å²) in [5.74, 6) is -1.85. The fourth-order valence-electron chi connectivity index (χ4n) is 3.24. The lowest BCUT2D eigenvalue weighted by molar-refractivity contribution is -0.271. The predicted molar refractivity (Wildman–Crippen MR) is 93.8 cm³/mol. The molecule has 1 heterocycles. The van der Waals surface area contributed by atoms with Gasteiger partial charge in [-0.15, -0.1) is 0 Å². The molecule has 154 valence electrons. The van der Waals surface area contributed by atoms with E-state index < -0.39 is 52.9 Å². The van der Waals surface area contributed by atoms with Crippen LogP contribution in [0.25, 0.3) is 0 Å². The molecule has 0 aliphatic rings. The molecule has 3 N–H and O–H groups in total. The van der Waals surface area contributed by atoms with Gasteiger partial charge in [0, 0.05) is 17.8 Å². The van der Waals surface area contributed by atoms with E-state index in [1.165, 1.54) is 20.8 Å². The standard InChI is InChI=1S/C19H21F4NO4/c1-11-16(27)15(26)6-7-24(11)10-18(28,19(21,22)23)9-17(2,3)13-8-12(20)4-5-14(13)25/h4-8,25,27-28H,9-10H2,1-3H3. The number of hydrogen-bond acceptors (Lipinski definition) is 4. The first-order valence-corrected chi connectivity index (χ1v) is 8.35. The average Bonchev–Trinajstić information content (AvgIpc) is 2.56. The Morgan fingerprint density at radius 3 is 2.29 bits per heavy atom. The molecule has 0 spiro atoms. The number of benzene rings is 1. The molecule has 1 aromatic carbocycles. The van der Waals surface area contributed by atoms with Gasteiger partial charge in [0.1, 0.15) is 11.6 Å². The van der Waals surface area contributed by atoms with Gasteiger partial charge in [-0.05, 0) is 37.0 Å². The molecule has 2 aromatic rings. The average molecular weight is 403 g/mol. The van der Waals surface area contributed by atoms with E-state index in [-0.39, 0.29) is 11.3 Å². The minimum absolute atomic E-state index is 0.0883. The Balaban J connectivity index is 2.50. The summed E-state index contributed by atoms with van der Waals surface area (Å²) in [5.41, 5.74) is -5.74. The third-order valence-corrected chi connectivity index (χ3v) is 4.79. The Bertz CT molecular complexity index is 937. The predicted octanol–water partition coefficient (Wildman–Crippen LogP) is 3.37. The Kier molecular flexibility index (Phi) is 5.53. The number of pyridine rings is 1. The number of halogens is 4. The monoisotopic (exact) mass is 403 g/mol. The van der Waals surface area contributed by atoms with Crippen LogP contribution in [0.2, 0.25) is 0 Å². The SMILES string of the molecule is Cc1c(O)c(=O)ccn1CC(O)(CC(C)(C)c1cc(F)ccc1O)C(F)(F)F. The Morgan fingerprint density at radius 1 is 1.11 bits per heavy atom. The van der Waals surface area contributed by atoms with Gasteiger partial charge in [0.25, 0.3) is 0 Å². The molecule has 1 unspecified atom stereocenters. The molecule has 0 amide bonds. The summed E-state index contributed by atoms with van der Waals surface area (Å²) in [6.45, 7) is 2.93. The maximum Gasteiger partial charge on any atom is 0.418 e. The van der Waals surface area contributed by atoms with E-state index in [1.54, 1.807) is 0 Å². The van der Waals surface area contributed by atoms with Crippen LogP contribution in [0.5, 0.6) is 11.5 Å². The van der Waals surface area contributed by atoms with Crippen molar-refractivity contribution in [1.29, 1.82) is 0 Å². The molecule has 28 heavy (non-hydrogen) atoms. The maximum absolute atomic E-state index is 13.8. The second kappa shape index (κ2) is 7.12. The Morgan fingerprint density at radius 2 is 1.71 bits per heavy atom. The maximum atomic E-state index is 13.8. The van der Waals surface area contributed by atoms with Crippen LogP contribution in [0.15, 0.2) is 35.3 Å². The molecule has 9 heteroatoms. The number of phenols is 1. The number of aliphatic hydroxyl groups is 1. The van der Waals surface area contributed by atoms with Crippen molar-refractivity contribution in [2.24, 2.45) is 0 Å². The van der Waals surface area contributed by atoms with Gasteiger partial charge < -0.3 is 19.9 Å². The minimum atomic E-state index is -5.08. The fourth-order valence-corrected chi connectivity index (χ4v) is 3.24. The van der Waals surface area contributed by atoms with Crippen molar-refractivity contribution in [2.45, 2.75) is 50.9 Å². The van der Waals surface area contributed by atoms with Gasteiger partial charge in [-0.3, -0.25) is 4.79 Å². The van der Waals surface area contributed by atoms with Crippen molar-refractivity contribution < 1.29 is 32.9 Å². The molecule has 0 fully saturated rings. The third kappa shape index (κ3) is 4.14. The molecule has 5 nitrogen and oxygen atoms in total. The first-order chi connectivity index (χ1) is 12.7. The van der Waals surface area contributed by atoms with E-state index >= 15 is 0 Å². The number of alkyl halides is 3. The zero-order chi connectivity index (χ0) is 21.5. The van der Waals surface area contributed by atoms with Gasteiger partial charge >= 0.3 is 6.18 Å². The topological polar surface area (TPSA) is 82.7 Å². The summed E-state index contributed by atoms with van der Waals surface area (Å²) in [5, 5.41) is 30.2. The smallest absolute Gasteiger partial charge is 0.418 e. The second-order valence-corrected chi connectivity index (χ2v) is 7.49. The van der Waals surface area contributed by atoms with E-state index in [9.17, 15) is 37.7 Å². The van der Waals surface area contributed by atoms with Crippen molar-refractivity contribution in [3.05, 3.63) is 57.8 Å². The summed E-state index contributed by atoms with van der Waals surface area (Å²) in [4.78, 5) is 11.4. The highest BCUT2D eigenvalue weighted by Crippen LogP contribution is 2.44. The molecule has 0 radical (unpaired) electrons. The molecule has 0 saturated heterocycles. The summed E-state index contributed by atoms with van der Waals surface area (Å²) >= 11 is 0. The van der Waals surface area contributed by atoms with E-state index in [1.807, 2.05) is 0 Å². The van der Waals surface area contributed by atoms with Crippen LogP contribution in [0.3, 0.4) is 0 Å². The Labute approximate surface area is 158 Å². The molecule has 0 aliphatic carbocycles. The third-order valence-electron chi connectivity index (χ3n) is 4.79. The summed E-state index contributed by atoms with van der Waals surface area (Å²) in [7, 11) is 0. The summed E-state index contributed by atoms with van der Waals surface area (Å²) in [6.07, 6.45) is -4.95. The number of nitrogens with zero attached hydrogens (tertiary/aromatic N) is 1. The highest BCUT2D eigenvalue weighted by Gasteiger charge is 2.56. The van der Waals surface area contributed by atoms with Crippen LogP contribution in [-0.2, 0) is 12.0 Å². The summed E-state index contributed by atoms with van der Waals surface area (Å²) in [6, 6.07) is 3.81. The zero-order valence-electron chi connectivity index (χ0n) is 15.5. The van der Waals surface area contributed by atoms with Gasteiger partial charge in [0.2, 0.25) is 5.43 Å². The van der Waals surface area contributed by atoms with Gasteiger partial charge in [-0.2, -0.15) is 13.2 Å². The summed E-state index contributed by atoms with van der Waals surface area (Å²) < 4.78 is 55.9. The van der Waals surface area contributed by atoms with Crippen molar-refractivity contribution in [3.8, 4) is 11.5 Å². The lowest BCUT2D eigenvalue weighted by Gasteiger charge is -2.38. The van der Waals surface area contributed by atoms with Gasteiger partial charge in [0.15, 0.2) is 11.4 Å². The van der Waals surface area contributed by atoms with Crippen molar-refractivity contribution in [2.75, 3.05) is 0 Å². The van der Waals surface area contributed by atoms with E-state index in [0.29, 0.717) is 0 Å². The van der Waals surface area contributed by atoms with Crippen molar-refractivity contribution >= 4 is 0 Å². The van der Waals surface area contributed by atoms with Crippen LogP contribution in [0, 0.1) is 12.7 Å². The molecular formula is C19H21F4NO4. The molecule has 1 aromatic heterocycles.